The van der Waals surface area contributed by atoms with Gasteiger partial charge in [-0.05, 0) is 17.7 Å². The molecule has 3 rings (SSSR count). The average molecular weight is 318 g/mol. The van der Waals surface area contributed by atoms with E-state index in [0.717, 1.165) is 5.56 Å². The number of fused-ring (bicyclic) bond motifs is 1. The normalized spacial score (nSPS) is 13.2. The molecule has 0 saturated heterocycles. The number of hydrogen-bond donors (Lipinski definition) is 0. The fraction of sp³-hybridized carbons (Fsp3) is 0.438. The molecule has 7 heteroatoms. The lowest BCUT2D eigenvalue weighted by atomic mass is 10.1. The first kappa shape index (κ1) is 15.3. The minimum Gasteiger partial charge on any atom is -0.486 e. The zero-order valence-corrected chi connectivity index (χ0v) is 13.1. The summed E-state index contributed by atoms with van der Waals surface area (Å²) in [6, 6.07) is 5.40. The zero-order chi connectivity index (χ0) is 16.2. The van der Waals surface area contributed by atoms with Crippen molar-refractivity contribution in [3.05, 3.63) is 35.5 Å². The molecule has 0 atom stereocenters. The van der Waals surface area contributed by atoms with Crippen LogP contribution in [0.15, 0.2) is 22.7 Å². The van der Waals surface area contributed by atoms with Crippen LogP contribution >= 0.6 is 0 Å². The SMILES string of the molecule is CC(C)c1noc(COC(=O)Cc2ccc3c(c2)OCCO3)n1. The van der Waals surface area contributed by atoms with E-state index >= 15 is 0 Å². The van der Waals surface area contributed by atoms with Crippen LogP contribution in [-0.2, 0) is 22.6 Å². The van der Waals surface area contributed by atoms with Gasteiger partial charge in [0, 0.05) is 5.92 Å². The fourth-order valence-electron chi connectivity index (χ4n) is 2.12. The molecule has 0 bridgehead atoms. The first-order valence-electron chi connectivity index (χ1n) is 7.48. The Labute approximate surface area is 133 Å². The predicted octanol–water partition coefficient (Wildman–Crippen LogP) is 2.25. The van der Waals surface area contributed by atoms with Crippen LogP contribution < -0.4 is 9.47 Å². The average Bonchev–Trinajstić information content (AvgIpc) is 3.02. The molecule has 1 aliphatic rings. The fourth-order valence-corrected chi connectivity index (χ4v) is 2.12. The number of benzene rings is 1. The van der Waals surface area contributed by atoms with Crippen molar-refractivity contribution in [2.75, 3.05) is 13.2 Å². The van der Waals surface area contributed by atoms with Crippen LogP contribution in [0.3, 0.4) is 0 Å². The van der Waals surface area contributed by atoms with Gasteiger partial charge < -0.3 is 18.7 Å². The van der Waals surface area contributed by atoms with Crippen molar-refractivity contribution >= 4 is 5.97 Å². The molecule has 122 valence electrons. The second-order valence-corrected chi connectivity index (χ2v) is 5.52. The van der Waals surface area contributed by atoms with E-state index in [0.29, 0.717) is 36.4 Å². The number of carbonyl (C=O) groups excluding carboxylic acids is 1. The highest BCUT2D eigenvalue weighted by Crippen LogP contribution is 2.30. The van der Waals surface area contributed by atoms with E-state index in [9.17, 15) is 4.79 Å². The van der Waals surface area contributed by atoms with Gasteiger partial charge in [0.2, 0.25) is 0 Å². The summed E-state index contributed by atoms with van der Waals surface area (Å²) in [6.45, 7) is 4.95. The van der Waals surface area contributed by atoms with Gasteiger partial charge in [0.15, 0.2) is 23.9 Å². The van der Waals surface area contributed by atoms with Gasteiger partial charge in [0.1, 0.15) is 13.2 Å². The summed E-state index contributed by atoms with van der Waals surface area (Å²) in [5.41, 5.74) is 0.799. The molecular formula is C16H18N2O5. The van der Waals surface area contributed by atoms with Crippen LogP contribution in [0, 0.1) is 0 Å². The highest BCUT2D eigenvalue weighted by Gasteiger charge is 2.15. The Balaban J connectivity index is 1.54. The summed E-state index contributed by atoms with van der Waals surface area (Å²) >= 11 is 0. The Morgan fingerprint density at radius 1 is 1.26 bits per heavy atom. The third-order valence-electron chi connectivity index (χ3n) is 3.31. The topological polar surface area (TPSA) is 83.7 Å². The van der Waals surface area contributed by atoms with Crippen molar-refractivity contribution in [3.63, 3.8) is 0 Å². The lowest BCUT2D eigenvalue weighted by Gasteiger charge is -2.18. The monoisotopic (exact) mass is 318 g/mol. The summed E-state index contributed by atoms with van der Waals surface area (Å²) < 4.78 is 21.1. The lowest BCUT2D eigenvalue weighted by molar-refractivity contribution is -0.144. The maximum atomic E-state index is 11.9. The van der Waals surface area contributed by atoms with Crippen LogP contribution in [0.5, 0.6) is 11.5 Å². The highest BCUT2D eigenvalue weighted by molar-refractivity contribution is 5.72. The molecule has 1 aliphatic heterocycles. The molecule has 0 saturated carbocycles. The lowest BCUT2D eigenvalue weighted by Crippen LogP contribution is -2.16. The Bertz CT molecular complexity index is 696. The number of nitrogens with zero attached hydrogens (tertiary/aromatic N) is 2. The molecular weight excluding hydrogens is 300 g/mol. The molecule has 0 radical (unpaired) electrons. The third kappa shape index (κ3) is 3.80. The molecule has 1 aromatic heterocycles. The van der Waals surface area contributed by atoms with Crippen LogP contribution in [-0.4, -0.2) is 29.3 Å². The van der Waals surface area contributed by atoms with Gasteiger partial charge in [-0.2, -0.15) is 4.98 Å². The Hall–Kier alpha value is -2.57. The van der Waals surface area contributed by atoms with Gasteiger partial charge in [-0.3, -0.25) is 4.79 Å². The Morgan fingerprint density at radius 3 is 2.78 bits per heavy atom. The van der Waals surface area contributed by atoms with Gasteiger partial charge in [0.25, 0.3) is 5.89 Å². The van der Waals surface area contributed by atoms with Crippen LogP contribution in [0.4, 0.5) is 0 Å². The molecule has 2 heterocycles. The number of esters is 1. The minimum atomic E-state index is -0.369. The van der Waals surface area contributed by atoms with Crippen molar-refractivity contribution in [1.29, 1.82) is 0 Å². The molecule has 23 heavy (non-hydrogen) atoms. The number of carbonyl (C=O) groups is 1. The maximum Gasteiger partial charge on any atom is 0.310 e. The van der Waals surface area contributed by atoms with Crippen LogP contribution in [0.25, 0.3) is 0 Å². The molecule has 2 aromatic rings. The smallest absolute Gasteiger partial charge is 0.310 e. The number of rotatable bonds is 5. The molecule has 1 aromatic carbocycles. The molecule has 0 fully saturated rings. The summed E-state index contributed by atoms with van der Waals surface area (Å²) in [7, 11) is 0. The standard InChI is InChI=1S/C16H18N2O5/c1-10(2)16-17-14(23-18-16)9-22-15(19)8-11-3-4-12-13(7-11)21-6-5-20-12/h3-4,7,10H,5-6,8-9H2,1-2H3. The van der Waals surface area contributed by atoms with Gasteiger partial charge in [-0.15, -0.1) is 0 Å². The van der Waals surface area contributed by atoms with Crippen molar-refractivity contribution in [1.82, 2.24) is 10.1 Å². The van der Waals surface area contributed by atoms with E-state index in [-0.39, 0.29) is 24.9 Å². The largest absolute Gasteiger partial charge is 0.486 e. The number of ether oxygens (including phenoxy) is 3. The first-order chi connectivity index (χ1) is 11.1. The zero-order valence-electron chi connectivity index (χ0n) is 13.1. The summed E-state index contributed by atoms with van der Waals surface area (Å²) in [5.74, 6) is 2.04. The van der Waals surface area contributed by atoms with Crippen molar-refractivity contribution < 1.29 is 23.5 Å². The predicted molar refractivity (Wildman–Crippen MR) is 79.3 cm³/mol. The quantitative estimate of drug-likeness (QED) is 0.782. The van der Waals surface area contributed by atoms with Gasteiger partial charge in [-0.25, -0.2) is 0 Å². The van der Waals surface area contributed by atoms with Crippen LogP contribution in [0.1, 0.15) is 37.0 Å². The second-order valence-electron chi connectivity index (χ2n) is 5.52. The van der Waals surface area contributed by atoms with Gasteiger partial charge >= 0.3 is 5.97 Å². The number of aromatic nitrogens is 2. The number of hydrogen-bond acceptors (Lipinski definition) is 7. The highest BCUT2D eigenvalue weighted by atomic mass is 16.6. The van der Waals surface area contributed by atoms with Crippen molar-refractivity contribution in [2.24, 2.45) is 0 Å². The summed E-state index contributed by atoms with van der Waals surface area (Å²) in [4.78, 5) is 16.1. The van der Waals surface area contributed by atoms with Gasteiger partial charge in [-0.1, -0.05) is 25.1 Å². The Morgan fingerprint density at radius 2 is 2.04 bits per heavy atom. The molecule has 0 aliphatic carbocycles. The summed E-state index contributed by atoms with van der Waals surface area (Å²) in [6.07, 6.45) is 0.141. The molecule has 7 nitrogen and oxygen atoms in total. The second kappa shape index (κ2) is 6.68. The van der Waals surface area contributed by atoms with Gasteiger partial charge in [0.05, 0.1) is 6.42 Å². The van der Waals surface area contributed by atoms with E-state index in [4.69, 9.17) is 18.7 Å². The third-order valence-corrected chi connectivity index (χ3v) is 3.31. The minimum absolute atomic E-state index is 0.0247. The van der Waals surface area contributed by atoms with E-state index < -0.39 is 0 Å². The molecule has 0 amide bonds. The van der Waals surface area contributed by atoms with E-state index in [1.165, 1.54) is 0 Å². The van der Waals surface area contributed by atoms with Crippen LogP contribution in [0.2, 0.25) is 0 Å². The first-order valence-corrected chi connectivity index (χ1v) is 7.48. The van der Waals surface area contributed by atoms with Crippen molar-refractivity contribution in [3.8, 4) is 11.5 Å². The molecule has 0 N–H and O–H groups in total. The molecule has 0 spiro atoms. The summed E-state index contributed by atoms with van der Waals surface area (Å²) in [5, 5.41) is 3.82. The van der Waals surface area contributed by atoms with E-state index in [1.807, 2.05) is 19.9 Å². The molecule has 0 unspecified atom stereocenters. The maximum absolute atomic E-state index is 11.9. The van der Waals surface area contributed by atoms with Crippen molar-refractivity contribution in [2.45, 2.75) is 32.8 Å². The van der Waals surface area contributed by atoms with E-state index in [1.54, 1.807) is 12.1 Å². The Kier molecular flexibility index (Phi) is 4.45. The van der Waals surface area contributed by atoms with E-state index in [2.05, 4.69) is 10.1 Å².